The number of carbonyl (C=O) groups excluding carboxylic acids is 2. The third-order valence-electron chi connectivity index (χ3n) is 4.08. The van der Waals surface area contributed by atoms with Crippen LogP contribution in [0.3, 0.4) is 0 Å². The maximum Gasteiger partial charge on any atom is 0.345 e. The van der Waals surface area contributed by atoms with E-state index in [-0.39, 0.29) is 28.4 Å². The highest BCUT2D eigenvalue weighted by molar-refractivity contribution is 7.87. The van der Waals surface area contributed by atoms with Gasteiger partial charge in [0, 0.05) is 5.56 Å². The Labute approximate surface area is 180 Å². The molecular weight excluding hydrogens is 424 g/mol. The first-order chi connectivity index (χ1) is 14.8. The van der Waals surface area contributed by atoms with Crippen molar-refractivity contribution in [3.8, 4) is 11.5 Å². The highest BCUT2D eigenvalue weighted by Gasteiger charge is 2.24. The molecule has 8 nitrogen and oxygen atoms in total. The van der Waals surface area contributed by atoms with Crippen molar-refractivity contribution in [2.75, 3.05) is 21.3 Å². The monoisotopic (exact) mass is 446 g/mol. The summed E-state index contributed by atoms with van der Waals surface area (Å²) in [5.41, 5.74) is 0.431. The highest BCUT2D eigenvalue weighted by Crippen LogP contribution is 2.36. The van der Waals surface area contributed by atoms with Crippen LogP contribution in [0.2, 0.25) is 0 Å². The van der Waals surface area contributed by atoms with Gasteiger partial charge in [-0.15, -0.1) is 6.58 Å². The average molecular weight is 446 g/mol. The lowest BCUT2D eigenvalue weighted by molar-refractivity contribution is -0.143. The minimum atomic E-state index is -4.14. The largest absolute Gasteiger partial charge is 0.493 e. The molecule has 2 aromatic carbocycles. The Morgan fingerprint density at radius 1 is 1.00 bits per heavy atom. The first-order valence-corrected chi connectivity index (χ1v) is 10.4. The van der Waals surface area contributed by atoms with Gasteiger partial charge in [0.2, 0.25) is 0 Å². The Balaban J connectivity index is 2.62. The molecule has 0 saturated heterocycles. The van der Waals surface area contributed by atoms with Gasteiger partial charge in [-0.25, -0.2) is 9.59 Å². The molecule has 0 fully saturated rings. The topological polar surface area (TPSA) is 105 Å². The Morgan fingerprint density at radius 3 is 2.13 bits per heavy atom. The standard InChI is InChI=1S/C22H22O8S/c1-5-9-16-12-15(13-18(21(23)28-3)22(24)29-4)14-19(27-2)20(16)30-31(25,26)17-10-7-6-8-11-17/h5-8,10-14H,1,9H2,2-4H3. The van der Waals surface area contributed by atoms with Gasteiger partial charge in [-0.1, -0.05) is 24.3 Å². The third-order valence-corrected chi connectivity index (χ3v) is 5.32. The summed E-state index contributed by atoms with van der Waals surface area (Å²) in [7, 11) is -0.532. The number of allylic oxidation sites excluding steroid dienone is 1. The summed E-state index contributed by atoms with van der Waals surface area (Å²) in [5, 5.41) is 0. The summed E-state index contributed by atoms with van der Waals surface area (Å²) in [4.78, 5) is 23.9. The molecule has 0 spiro atoms. The van der Waals surface area contributed by atoms with E-state index in [0.717, 1.165) is 14.2 Å². The second kappa shape index (κ2) is 10.4. The van der Waals surface area contributed by atoms with Crippen LogP contribution in [0.4, 0.5) is 0 Å². The molecule has 31 heavy (non-hydrogen) atoms. The Bertz CT molecular complexity index is 1080. The van der Waals surface area contributed by atoms with E-state index in [9.17, 15) is 18.0 Å². The molecular formula is C22H22O8S. The zero-order valence-corrected chi connectivity index (χ0v) is 18.1. The van der Waals surface area contributed by atoms with Crippen molar-refractivity contribution in [2.24, 2.45) is 0 Å². The lowest BCUT2D eigenvalue weighted by Gasteiger charge is -2.16. The van der Waals surface area contributed by atoms with Crippen LogP contribution < -0.4 is 8.92 Å². The summed E-state index contributed by atoms with van der Waals surface area (Å²) in [6.45, 7) is 3.67. The predicted molar refractivity (Wildman–Crippen MR) is 113 cm³/mol. The second-order valence-electron chi connectivity index (χ2n) is 6.10. The van der Waals surface area contributed by atoms with E-state index >= 15 is 0 Å². The molecule has 0 radical (unpaired) electrons. The fourth-order valence-corrected chi connectivity index (χ4v) is 3.65. The van der Waals surface area contributed by atoms with Crippen LogP contribution in [0.15, 0.2) is 65.6 Å². The van der Waals surface area contributed by atoms with Crippen molar-refractivity contribution in [1.29, 1.82) is 0 Å². The fourth-order valence-electron chi connectivity index (χ4n) is 2.65. The number of benzene rings is 2. The number of ether oxygens (including phenoxy) is 3. The number of methoxy groups -OCH3 is 3. The molecule has 0 aliphatic carbocycles. The van der Waals surface area contributed by atoms with E-state index in [4.69, 9.17) is 8.92 Å². The van der Waals surface area contributed by atoms with Crippen molar-refractivity contribution in [1.82, 2.24) is 0 Å². The molecule has 9 heteroatoms. The van der Waals surface area contributed by atoms with Gasteiger partial charge in [-0.3, -0.25) is 0 Å². The van der Waals surface area contributed by atoms with E-state index in [2.05, 4.69) is 16.1 Å². The quantitative estimate of drug-likeness (QED) is 0.145. The molecule has 0 amide bonds. The molecule has 0 N–H and O–H groups in total. The Morgan fingerprint density at radius 2 is 1.61 bits per heavy atom. The fraction of sp³-hybridized carbons (Fsp3) is 0.182. The van der Waals surface area contributed by atoms with Crippen LogP contribution in [0.1, 0.15) is 11.1 Å². The maximum absolute atomic E-state index is 12.7. The van der Waals surface area contributed by atoms with E-state index in [1.54, 1.807) is 30.3 Å². The molecule has 0 unspecified atom stereocenters. The van der Waals surface area contributed by atoms with Crippen LogP contribution in [0, 0.1) is 0 Å². The molecule has 0 heterocycles. The van der Waals surface area contributed by atoms with E-state index in [0.29, 0.717) is 11.1 Å². The van der Waals surface area contributed by atoms with Gasteiger partial charge in [-0.2, -0.15) is 8.42 Å². The average Bonchev–Trinajstić information content (AvgIpc) is 2.78. The molecule has 2 aromatic rings. The van der Waals surface area contributed by atoms with Crippen molar-refractivity contribution >= 4 is 28.1 Å². The summed E-state index contributed by atoms with van der Waals surface area (Å²) >= 11 is 0. The van der Waals surface area contributed by atoms with Crippen LogP contribution >= 0.6 is 0 Å². The molecule has 0 atom stereocenters. The van der Waals surface area contributed by atoms with Gasteiger partial charge in [0.15, 0.2) is 11.5 Å². The molecule has 164 valence electrons. The van der Waals surface area contributed by atoms with Gasteiger partial charge >= 0.3 is 22.1 Å². The maximum atomic E-state index is 12.7. The Hall–Kier alpha value is -3.59. The van der Waals surface area contributed by atoms with Crippen molar-refractivity contribution in [3.05, 3.63) is 71.8 Å². The van der Waals surface area contributed by atoms with Gasteiger partial charge in [0.25, 0.3) is 0 Å². The van der Waals surface area contributed by atoms with E-state index in [1.165, 1.54) is 31.4 Å². The van der Waals surface area contributed by atoms with E-state index in [1.807, 2.05) is 0 Å². The van der Waals surface area contributed by atoms with Crippen LogP contribution in [-0.4, -0.2) is 41.7 Å². The zero-order chi connectivity index (χ0) is 23.0. The van der Waals surface area contributed by atoms with E-state index < -0.39 is 22.1 Å². The lowest BCUT2D eigenvalue weighted by Crippen LogP contribution is -2.15. The second-order valence-corrected chi connectivity index (χ2v) is 7.64. The molecule has 0 bridgehead atoms. The number of hydrogen-bond acceptors (Lipinski definition) is 8. The Kier molecular flexibility index (Phi) is 7.98. The van der Waals surface area contributed by atoms with Gasteiger partial charge < -0.3 is 18.4 Å². The highest BCUT2D eigenvalue weighted by atomic mass is 32.2. The van der Waals surface area contributed by atoms with Crippen molar-refractivity contribution < 1.29 is 36.4 Å². The van der Waals surface area contributed by atoms with Gasteiger partial charge in [0.1, 0.15) is 10.5 Å². The molecule has 0 saturated carbocycles. The molecule has 0 aliphatic rings. The summed E-state index contributed by atoms with van der Waals surface area (Å²) in [5.74, 6) is -1.72. The smallest absolute Gasteiger partial charge is 0.345 e. The molecule has 0 aliphatic heterocycles. The zero-order valence-electron chi connectivity index (χ0n) is 17.3. The van der Waals surface area contributed by atoms with Gasteiger partial charge in [0.05, 0.1) is 21.3 Å². The summed E-state index contributed by atoms with van der Waals surface area (Å²) in [6, 6.07) is 10.6. The molecule has 2 rings (SSSR count). The summed E-state index contributed by atoms with van der Waals surface area (Å²) in [6.07, 6.45) is 3.03. The third kappa shape index (κ3) is 5.73. The predicted octanol–water partition coefficient (Wildman–Crippen LogP) is 2.92. The minimum absolute atomic E-state index is 0.0238. The van der Waals surface area contributed by atoms with Crippen LogP contribution in [-0.2, 0) is 35.6 Å². The number of esters is 2. The number of hydrogen-bond donors (Lipinski definition) is 0. The number of rotatable bonds is 9. The first-order valence-electron chi connectivity index (χ1n) is 8.97. The normalized spacial score (nSPS) is 10.5. The van der Waals surface area contributed by atoms with Gasteiger partial charge in [-0.05, 0) is 42.3 Å². The lowest BCUT2D eigenvalue weighted by atomic mass is 10.0. The SMILES string of the molecule is C=CCc1cc(C=C(C(=O)OC)C(=O)OC)cc(OC)c1OS(=O)(=O)c1ccccc1. The first kappa shape index (κ1) is 23.7. The summed E-state index contributed by atoms with van der Waals surface area (Å²) < 4.78 is 45.4. The minimum Gasteiger partial charge on any atom is -0.493 e. The van der Waals surface area contributed by atoms with Crippen molar-refractivity contribution in [3.63, 3.8) is 0 Å². The van der Waals surface area contributed by atoms with Crippen molar-refractivity contribution in [2.45, 2.75) is 11.3 Å². The van der Waals surface area contributed by atoms with Crippen LogP contribution in [0.5, 0.6) is 11.5 Å². The number of carbonyl (C=O) groups is 2. The van der Waals surface area contributed by atoms with Crippen LogP contribution in [0.25, 0.3) is 6.08 Å². The molecule has 0 aromatic heterocycles.